The second-order valence-electron chi connectivity index (χ2n) is 10.4. The Bertz CT molecular complexity index is 1560. The summed E-state index contributed by atoms with van der Waals surface area (Å²) < 4.78 is 21.4. The molecule has 3 aromatic carbocycles. The lowest BCUT2D eigenvalue weighted by Gasteiger charge is -2.29. The van der Waals surface area contributed by atoms with Gasteiger partial charge in [-0.1, -0.05) is 51.1 Å². The molecule has 0 fully saturated rings. The number of hydrogen-bond acceptors (Lipinski definition) is 6. The molecule has 37 heavy (non-hydrogen) atoms. The largest absolute Gasteiger partial charge is 0.492 e. The van der Waals surface area contributed by atoms with Crippen LogP contribution in [0.1, 0.15) is 43.4 Å². The molecule has 1 atom stereocenters. The molecule has 194 valence electrons. The second-order valence-corrected chi connectivity index (χ2v) is 12.6. The molecule has 4 rings (SSSR count). The van der Waals surface area contributed by atoms with Gasteiger partial charge in [0, 0.05) is 39.7 Å². The maximum atomic E-state index is 12.6. The van der Waals surface area contributed by atoms with E-state index in [9.17, 15) is 4.21 Å². The summed E-state index contributed by atoms with van der Waals surface area (Å²) in [6.45, 7) is 8.26. The van der Waals surface area contributed by atoms with E-state index < -0.39 is 9.71 Å². The zero-order valence-corrected chi connectivity index (χ0v) is 23.1. The Morgan fingerprint density at radius 3 is 2.41 bits per heavy atom. The molecule has 0 bridgehead atoms. The van der Waals surface area contributed by atoms with Gasteiger partial charge in [-0.3, -0.25) is 5.01 Å². The van der Waals surface area contributed by atoms with Crippen LogP contribution in [0.4, 0.5) is 17.1 Å². The number of benzene rings is 3. The quantitative estimate of drug-likeness (QED) is 0.190. The smallest absolute Gasteiger partial charge is 0.167 e. The van der Waals surface area contributed by atoms with Crippen LogP contribution in [0.25, 0.3) is 10.8 Å². The van der Waals surface area contributed by atoms with Gasteiger partial charge >= 0.3 is 0 Å². The number of aromatic nitrogens is 2. The number of ether oxygens (including phenoxy) is 1. The number of nitrogens with two attached hydrogens (primary N) is 1. The third-order valence-corrected chi connectivity index (χ3v) is 6.83. The van der Waals surface area contributed by atoms with Gasteiger partial charge in [0.05, 0.1) is 18.5 Å². The summed E-state index contributed by atoms with van der Waals surface area (Å²) in [6, 6.07) is 18.2. The number of hydrazine groups is 1. The summed E-state index contributed by atoms with van der Waals surface area (Å²) in [4.78, 5) is 8.79. The van der Waals surface area contributed by atoms with Crippen LogP contribution in [0.3, 0.4) is 0 Å². The van der Waals surface area contributed by atoms with Crippen LogP contribution in [-0.2, 0) is 21.5 Å². The number of rotatable bonds is 7. The van der Waals surface area contributed by atoms with E-state index >= 15 is 0 Å². The lowest BCUT2D eigenvalue weighted by Crippen LogP contribution is -2.27. The highest BCUT2D eigenvalue weighted by Gasteiger charge is 2.24. The Morgan fingerprint density at radius 1 is 1.08 bits per heavy atom. The monoisotopic (exact) mass is 517 g/mol. The zero-order valence-electron chi connectivity index (χ0n) is 22.3. The van der Waals surface area contributed by atoms with Crippen LogP contribution in [0, 0.1) is 6.92 Å². The standard InChI is InChI=1S/C29H35N5O2S/c1-19-31-15-14-22(32-19)16-20-12-13-26(24-11-9-8-10-23(20)24)34(30)27-18-21(29(2,3)4)17-25(28(27)36-5)33-37(6,7)35/h8-15,17-18H,6,16,30H2,1-5,7H3,(H,33,35). The fourth-order valence-electron chi connectivity index (χ4n) is 4.39. The summed E-state index contributed by atoms with van der Waals surface area (Å²) in [5.74, 6) is 11.9. The van der Waals surface area contributed by atoms with Crippen molar-refractivity contribution < 1.29 is 8.95 Å². The lowest BCUT2D eigenvalue weighted by molar-refractivity contribution is 0.417. The highest BCUT2D eigenvalue weighted by molar-refractivity contribution is 8.00. The highest BCUT2D eigenvalue weighted by atomic mass is 32.2. The first-order chi connectivity index (χ1) is 17.4. The van der Waals surface area contributed by atoms with Crippen LogP contribution in [-0.4, -0.2) is 33.4 Å². The molecule has 0 aliphatic heterocycles. The molecule has 1 heterocycles. The number of nitrogens with zero attached hydrogens (tertiary/aromatic N) is 3. The Labute approximate surface area is 219 Å². The molecule has 0 aliphatic rings. The number of nitrogens with one attached hydrogen (secondary N) is 1. The van der Waals surface area contributed by atoms with E-state index in [-0.39, 0.29) is 5.41 Å². The molecule has 1 aromatic heterocycles. The van der Waals surface area contributed by atoms with E-state index in [0.29, 0.717) is 23.5 Å². The molecule has 4 aromatic rings. The molecule has 0 aliphatic carbocycles. The molecule has 8 heteroatoms. The Kier molecular flexibility index (Phi) is 7.17. The van der Waals surface area contributed by atoms with E-state index in [1.807, 2.05) is 43.3 Å². The summed E-state index contributed by atoms with van der Waals surface area (Å²) >= 11 is 0. The Morgan fingerprint density at radius 2 is 1.78 bits per heavy atom. The van der Waals surface area contributed by atoms with Gasteiger partial charge in [0.1, 0.15) is 11.5 Å². The van der Waals surface area contributed by atoms with Gasteiger partial charge in [0.25, 0.3) is 0 Å². The number of anilines is 3. The predicted octanol–water partition coefficient (Wildman–Crippen LogP) is 5.52. The van der Waals surface area contributed by atoms with E-state index in [0.717, 1.165) is 39.1 Å². The fourth-order valence-corrected chi connectivity index (χ4v) is 5.00. The average molecular weight is 518 g/mol. The second kappa shape index (κ2) is 10.0. The third-order valence-electron chi connectivity index (χ3n) is 6.18. The van der Waals surface area contributed by atoms with Crippen molar-refractivity contribution in [1.29, 1.82) is 0 Å². The minimum absolute atomic E-state index is 0.185. The van der Waals surface area contributed by atoms with Gasteiger partial charge in [-0.2, -0.15) is 0 Å². The molecular weight excluding hydrogens is 482 g/mol. The van der Waals surface area contributed by atoms with Crippen molar-refractivity contribution >= 4 is 43.4 Å². The maximum absolute atomic E-state index is 12.6. The van der Waals surface area contributed by atoms with Crippen molar-refractivity contribution in [3.63, 3.8) is 0 Å². The SMILES string of the molecule is C=S(C)(=O)Nc1cc(C(C)(C)C)cc(N(N)c2ccc(Cc3ccnc(C)n3)c3ccccc23)c1OC. The lowest BCUT2D eigenvalue weighted by atomic mass is 9.86. The fraction of sp³-hybridized carbons (Fsp3) is 0.276. The van der Waals surface area contributed by atoms with E-state index in [2.05, 4.69) is 59.5 Å². The number of fused-ring (bicyclic) bond motifs is 1. The first kappa shape index (κ1) is 26.4. The van der Waals surface area contributed by atoms with E-state index in [1.54, 1.807) is 24.6 Å². The van der Waals surface area contributed by atoms with Gasteiger partial charge < -0.3 is 9.46 Å². The van der Waals surface area contributed by atoms with Crippen LogP contribution in [0.15, 0.2) is 60.8 Å². The van der Waals surface area contributed by atoms with Gasteiger partial charge in [-0.25, -0.2) is 20.0 Å². The van der Waals surface area contributed by atoms with Crippen molar-refractivity contribution in [3.05, 3.63) is 83.4 Å². The van der Waals surface area contributed by atoms with Crippen molar-refractivity contribution in [2.45, 2.75) is 39.5 Å². The maximum Gasteiger partial charge on any atom is 0.167 e. The minimum Gasteiger partial charge on any atom is -0.492 e. The summed E-state index contributed by atoms with van der Waals surface area (Å²) in [6.07, 6.45) is 4.03. The van der Waals surface area contributed by atoms with Gasteiger partial charge in [0.2, 0.25) is 0 Å². The summed E-state index contributed by atoms with van der Waals surface area (Å²) in [5.41, 5.74) is 5.00. The van der Waals surface area contributed by atoms with Crippen LogP contribution >= 0.6 is 0 Å². The van der Waals surface area contributed by atoms with E-state index in [1.165, 1.54) is 0 Å². The van der Waals surface area contributed by atoms with Crippen molar-refractivity contribution in [2.75, 3.05) is 23.1 Å². The normalized spacial score (nSPS) is 13.3. The number of hydrogen-bond donors (Lipinski definition) is 2. The van der Waals surface area contributed by atoms with Crippen LogP contribution < -0.4 is 20.3 Å². The van der Waals surface area contributed by atoms with Crippen molar-refractivity contribution in [2.24, 2.45) is 5.84 Å². The van der Waals surface area contributed by atoms with Crippen molar-refractivity contribution in [1.82, 2.24) is 9.97 Å². The van der Waals surface area contributed by atoms with Gasteiger partial charge in [0.15, 0.2) is 5.75 Å². The van der Waals surface area contributed by atoms with Gasteiger partial charge in [-0.05, 0) is 59.0 Å². The average Bonchev–Trinajstić information content (AvgIpc) is 2.82. The molecule has 0 saturated carbocycles. The molecule has 7 nitrogen and oxygen atoms in total. The molecule has 0 saturated heterocycles. The predicted molar refractivity (Wildman–Crippen MR) is 156 cm³/mol. The first-order valence-corrected chi connectivity index (χ1v) is 14.2. The molecule has 0 spiro atoms. The third kappa shape index (κ3) is 5.87. The molecule has 1 unspecified atom stereocenters. The zero-order chi connectivity index (χ0) is 27.0. The minimum atomic E-state index is -2.55. The van der Waals surface area contributed by atoms with Gasteiger partial charge in [-0.15, -0.1) is 0 Å². The number of methoxy groups -OCH3 is 1. The van der Waals surface area contributed by atoms with Crippen LogP contribution in [0.2, 0.25) is 0 Å². The highest BCUT2D eigenvalue weighted by Crippen LogP contribution is 2.43. The number of aryl methyl sites for hydroxylation is 1. The Balaban J connectivity index is 1.88. The summed E-state index contributed by atoms with van der Waals surface area (Å²) in [7, 11) is -0.969. The van der Waals surface area contributed by atoms with Crippen LogP contribution in [0.5, 0.6) is 5.75 Å². The topological polar surface area (TPSA) is 93.4 Å². The molecule has 0 amide bonds. The van der Waals surface area contributed by atoms with E-state index in [4.69, 9.17) is 10.6 Å². The first-order valence-electron chi connectivity index (χ1n) is 12.0. The molecular formula is C29H35N5O2S. The Hall–Kier alpha value is -3.62. The summed E-state index contributed by atoms with van der Waals surface area (Å²) in [5, 5.41) is 3.73. The molecule has 3 N–H and O–H groups in total. The molecule has 0 radical (unpaired) electrons. The van der Waals surface area contributed by atoms with Crippen molar-refractivity contribution in [3.8, 4) is 5.75 Å².